The topological polar surface area (TPSA) is 49.4 Å². The summed E-state index contributed by atoms with van der Waals surface area (Å²) in [6, 6.07) is -0.395. The number of halogens is 2. The fraction of sp³-hybridized carbons (Fsp3) is 0.571. The first-order valence-corrected chi connectivity index (χ1v) is 7.41. The molecule has 20 heavy (non-hydrogen) atoms. The molecule has 1 aliphatic heterocycles. The van der Waals surface area contributed by atoms with E-state index in [9.17, 15) is 9.59 Å². The van der Waals surface area contributed by atoms with Crippen LogP contribution in [0, 0.1) is 0 Å². The van der Waals surface area contributed by atoms with Gasteiger partial charge in [0.15, 0.2) is 0 Å². The van der Waals surface area contributed by atoms with Crippen LogP contribution in [0.2, 0.25) is 0 Å². The lowest BCUT2D eigenvalue weighted by Crippen LogP contribution is -2.43. The highest BCUT2D eigenvalue weighted by molar-refractivity contribution is 6.35. The lowest BCUT2D eigenvalue weighted by molar-refractivity contribution is -0.133. The van der Waals surface area contributed by atoms with Crippen LogP contribution < -0.4 is 5.32 Å². The Bertz CT molecular complexity index is 458. The third-order valence-corrected chi connectivity index (χ3v) is 4.36. The van der Waals surface area contributed by atoms with E-state index in [1.165, 1.54) is 4.90 Å². The van der Waals surface area contributed by atoms with Crippen LogP contribution in [-0.2, 0) is 9.59 Å². The molecule has 6 heteroatoms. The molecule has 0 aromatic carbocycles. The molecule has 2 amide bonds. The Labute approximate surface area is 129 Å². The van der Waals surface area contributed by atoms with Crippen molar-refractivity contribution in [1.82, 2.24) is 10.2 Å². The number of hydrogen-bond acceptors (Lipinski definition) is 2. The van der Waals surface area contributed by atoms with Crippen molar-refractivity contribution < 1.29 is 9.59 Å². The zero-order valence-corrected chi connectivity index (χ0v) is 13.5. The maximum atomic E-state index is 12.1. The fourth-order valence-electron chi connectivity index (χ4n) is 2.10. The van der Waals surface area contributed by atoms with E-state index in [1.807, 2.05) is 13.8 Å². The Morgan fingerprint density at radius 3 is 2.60 bits per heavy atom. The third kappa shape index (κ3) is 4.00. The molecule has 1 fully saturated rings. The van der Waals surface area contributed by atoms with E-state index in [0.717, 1.165) is 5.57 Å². The van der Waals surface area contributed by atoms with Gasteiger partial charge in [-0.05, 0) is 19.8 Å². The molecule has 1 aliphatic rings. The standard InChI is InChI=1S/C14H20Cl2N2O2/c1-4-10(15)9(11(16)5-2)8-17-14(20)12-6-7-13(19)18(12)3/h4,12H,5-8H2,1-3H3,(H,17,20)/b10-4+,11-9+. The van der Waals surface area contributed by atoms with Crippen LogP contribution in [-0.4, -0.2) is 36.3 Å². The molecule has 0 radical (unpaired) electrons. The second-order valence-electron chi connectivity index (χ2n) is 4.65. The normalized spacial score (nSPS) is 21.1. The van der Waals surface area contributed by atoms with Crippen LogP contribution in [0.3, 0.4) is 0 Å². The van der Waals surface area contributed by atoms with E-state index in [4.69, 9.17) is 23.2 Å². The Morgan fingerprint density at radius 1 is 1.50 bits per heavy atom. The van der Waals surface area contributed by atoms with Crippen molar-refractivity contribution in [1.29, 1.82) is 0 Å². The summed E-state index contributed by atoms with van der Waals surface area (Å²) in [7, 11) is 1.65. The molecule has 4 nitrogen and oxygen atoms in total. The third-order valence-electron chi connectivity index (χ3n) is 3.41. The predicted molar refractivity (Wildman–Crippen MR) is 81.6 cm³/mol. The zero-order chi connectivity index (χ0) is 15.3. The molecular formula is C14H20Cl2N2O2. The molecule has 1 N–H and O–H groups in total. The van der Waals surface area contributed by atoms with Gasteiger partial charge in [0.2, 0.25) is 11.8 Å². The Morgan fingerprint density at radius 2 is 2.15 bits per heavy atom. The van der Waals surface area contributed by atoms with Crippen molar-refractivity contribution in [3.63, 3.8) is 0 Å². The highest BCUT2D eigenvalue weighted by atomic mass is 35.5. The first-order chi connectivity index (χ1) is 9.42. The summed E-state index contributed by atoms with van der Waals surface area (Å²) in [6.07, 6.45) is 3.37. The van der Waals surface area contributed by atoms with Gasteiger partial charge in [0.05, 0.1) is 0 Å². The molecule has 0 spiro atoms. The molecule has 1 rings (SSSR count). The molecule has 0 aromatic heterocycles. The van der Waals surface area contributed by atoms with E-state index >= 15 is 0 Å². The van der Waals surface area contributed by atoms with E-state index in [-0.39, 0.29) is 18.4 Å². The molecule has 0 bridgehead atoms. The van der Waals surface area contributed by atoms with Gasteiger partial charge in [0.1, 0.15) is 6.04 Å². The van der Waals surface area contributed by atoms with Gasteiger partial charge in [-0.1, -0.05) is 36.2 Å². The highest BCUT2D eigenvalue weighted by Crippen LogP contribution is 2.23. The average Bonchev–Trinajstić information content (AvgIpc) is 2.78. The second-order valence-corrected chi connectivity index (χ2v) is 5.51. The SMILES string of the molecule is C/C=C(Cl)\C(CNC(=O)C1CCC(=O)N1C)=C(\Cl)CC. The molecule has 112 valence electrons. The monoisotopic (exact) mass is 318 g/mol. The first kappa shape index (κ1) is 17.1. The number of nitrogens with one attached hydrogen (secondary N) is 1. The van der Waals surface area contributed by atoms with Gasteiger partial charge in [-0.25, -0.2) is 0 Å². The maximum Gasteiger partial charge on any atom is 0.243 e. The lowest BCUT2D eigenvalue weighted by Gasteiger charge is -2.20. The number of hydrogen-bond donors (Lipinski definition) is 1. The quantitative estimate of drug-likeness (QED) is 0.792. The largest absolute Gasteiger partial charge is 0.350 e. The van der Waals surface area contributed by atoms with Gasteiger partial charge >= 0.3 is 0 Å². The Balaban J connectivity index is 2.70. The summed E-state index contributed by atoms with van der Waals surface area (Å²) in [5.74, 6) is -0.170. The maximum absolute atomic E-state index is 12.1. The van der Waals surface area contributed by atoms with Gasteiger partial charge in [-0.2, -0.15) is 0 Å². The molecule has 1 heterocycles. The number of rotatable bonds is 5. The number of carbonyl (C=O) groups excluding carboxylic acids is 2. The molecule has 0 aromatic rings. The summed E-state index contributed by atoms with van der Waals surface area (Å²) in [5.41, 5.74) is 0.721. The summed E-state index contributed by atoms with van der Waals surface area (Å²) < 4.78 is 0. The summed E-state index contributed by atoms with van der Waals surface area (Å²) in [4.78, 5) is 25.0. The average molecular weight is 319 g/mol. The van der Waals surface area contributed by atoms with Gasteiger partial charge in [0.25, 0.3) is 0 Å². The number of nitrogens with zero attached hydrogens (tertiary/aromatic N) is 1. The smallest absolute Gasteiger partial charge is 0.243 e. The van der Waals surface area contributed by atoms with Gasteiger partial charge in [-0.3, -0.25) is 9.59 Å². The number of likely N-dealkylation sites (N-methyl/N-ethyl adjacent to an activating group) is 1. The zero-order valence-electron chi connectivity index (χ0n) is 12.0. The predicted octanol–water partition coefficient (Wildman–Crippen LogP) is 2.77. The summed E-state index contributed by atoms with van der Waals surface area (Å²) >= 11 is 12.2. The van der Waals surface area contributed by atoms with Crippen molar-refractivity contribution in [2.45, 2.75) is 39.2 Å². The van der Waals surface area contributed by atoms with Crippen LogP contribution >= 0.6 is 23.2 Å². The molecule has 0 saturated carbocycles. The highest BCUT2D eigenvalue weighted by Gasteiger charge is 2.33. The van der Waals surface area contributed by atoms with Crippen LogP contribution in [0.1, 0.15) is 33.1 Å². The van der Waals surface area contributed by atoms with Crippen molar-refractivity contribution in [3.05, 3.63) is 21.7 Å². The Hall–Kier alpha value is -1.00. The van der Waals surface area contributed by atoms with Gasteiger partial charge < -0.3 is 10.2 Å². The van der Waals surface area contributed by atoms with Crippen LogP contribution in [0.25, 0.3) is 0 Å². The molecular weight excluding hydrogens is 299 g/mol. The minimum Gasteiger partial charge on any atom is -0.350 e. The number of amides is 2. The van der Waals surface area contributed by atoms with E-state index < -0.39 is 6.04 Å². The minimum atomic E-state index is -0.395. The first-order valence-electron chi connectivity index (χ1n) is 6.65. The van der Waals surface area contributed by atoms with Crippen molar-refractivity contribution in [2.75, 3.05) is 13.6 Å². The summed E-state index contributed by atoms with van der Waals surface area (Å²) in [5, 5.41) is 3.97. The lowest BCUT2D eigenvalue weighted by atomic mass is 10.1. The van der Waals surface area contributed by atoms with Gasteiger partial charge in [0, 0.05) is 35.7 Å². The number of carbonyl (C=O) groups is 2. The van der Waals surface area contributed by atoms with E-state index in [2.05, 4.69) is 5.32 Å². The van der Waals surface area contributed by atoms with E-state index in [1.54, 1.807) is 13.1 Å². The number of allylic oxidation sites excluding steroid dienone is 2. The fourth-order valence-corrected chi connectivity index (χ4v) is 2.50. The molecule has 0 aliphatic carbocycles. The number of likely N-dealkylation sites (tertiary alicyclic amines) is 1. The van der Waals surface area contributed by atoms with Crippen molar-refractivity contribution in [3.8, 4) is 0 Å². The minimum absolute atomic E-state index is 0.000933. The second kappa shape index (κ2) is 7.70. The molecule has 1 unspecified atom stereocenters. The Kier molecular flexibility index (Phi) is 6.56. The van der Waals surface area contributed by atoms with Crippen LogP contribution in [0.4, 0.5) is 0 Å². The van der Waals surface area contributed by atoms with Crippen molar-refractivity contribution in [2.24, 2.45) is 0 Å². The van der Waals surface area contributed by atoms with Gasteiger partial charge in [-0.15, -0.1) is 0 Å². The van der Waals surface area contributed by atoms with Crippen molar-refractivity contribution >= 4 is 35.0 Å². The molecule has 1 atom stereocenters. The van der Waals surface area contributed by atoms with E-state index in [0.29, 0.717) is 29.3 Å². The summed E-state index contributed by atoms with van der Waals surface area (Å²) in [6.45, 7) is 4.01. The van der Waals surface area contributed by atoms with Crippen LogP contribution in [0.5, 0.6) is 0 Å². The van der Waals surface area contributed by atoms with Crippen LogP contribution in [0.15, 0.2) is 21.7 Å². The molecule has 1 saturated heterocycles.